The van der Waals surface area contributed by atoms with Crippen molar-refractivity contribution in [2.75, 3.05) is 13.7 Å². The Morgan fingerprint density at radius 2 is 1.59 bits per heavy atom. The molecule has 3 aromatic rings. The summed E-state index contributed by atoms with van der Waals surface area (Å²) in [4.78, 5) is 27.5. The summed E-state index contributed by atoms with van der Waals surface area (Å²) in [5.74, 6) is -0.782. The van der Waals surface area contributed by atoms with Crippen LogP contribution in [0, 0.1) is 0 Å². The Bertz CT molecular complexity index is 1150. The van der Waals surface area contributed by atoms with Crippen molar-refractivity contribution in [1.82, 2.24) is 4.90 Å². The number of Topliss-reactive ketones (excluding diaryl/α,β-unsaturated/α-hetero) is 1. The van der Waals surface area contributed by atoms with Crippen LogP contribution in [0.15, 0.2) is 84.4 Å². The van der Waals surface area contributed by atoms with Crippen molar-refractivity contribution in [3.8, 4) is 11.5 Å². The number of rotatable bonds is 6. The van der Waals surface area contributed by atoms with Crippen LogP contribution in [-0.2, 0) is 16.0 Å². The Morgan fingerprint density at radius 1 is 0.938 bits per heavy atom. The Kier molecular flexibility index (Phi) is 5.94. The molecule has 2 N–H and O–H groups in total. The molecule has 4 rings (SSSR count). The molecule has 6 heteroatoms. The third-order valence-corrected chi connectivity index (χ3v) is 5.60. The minimum Gasteiger partial charge on any atom is -0.508 e. The molecule has 1 aliphatic rings. The van der Waals surface area contributed by atoms with Gasteiger partial charge in [-0.1, -0.05) is 54.6 Å². The fourth-order valence-electron chi connectivity index (χ4n) is 3.91. The summed E-state index contributed by atoms with van der Waals surface area (Å²) < 4.78 is 5.18. The van der Waals surface area contributed by atoms with E-state index in [9.17, 15) is 19.8 Å². The minimum atomic E-state index is -0.756. The first-order valence-electron chi connectivity index (χ1n) is 10.3. The number of ketones is 1. The lowest BCUT2D eigenvalue weighted by Crippen LogP contribution is -2.31. The molecule has 1 fully saturated rings. The predicted octanol–water partition coefficient (Wildman–Crippen LogP) is 4.07. The second kappa shape index (κ2) is 8.98. The van der Waals surface area contributed by atoms with Crippen molar-refractivity contribution >= 4 is 17.4 Å². The molecule has 0 bridgehead atoms. The average Bonchev–Trinajstić information content (AvgIpc) is 3.08. The van der Waals surface area contributed by atoms with Gasteiger partial charge in [-0.05, 0) is 41.8 Å². The monoisotopic (exact) mass is 429 g/mol. The topological polar surface area (TPSA) is 87.1 Å². The maximum Gasteiger partial charge on any atom is 0.295 e. The van der Waals surface area contributed by atoms with Crippen molar-refractivity contribution in [3.05, 3.63) is 101 Å². The molecule has 1 amide bonds. The van der Waals surface area contributed by atoms with E-state index in [0.717, 1.165) is 11.3 Å². The number of carbonyl (C=O) groups is 2. The molecule has 0 radical (unpaired) electrons. The Morgan fingerprint density at radius 3 is 2.22 bits per heavy atom. The second-order valence-corrected chi connectivity index (χ2v) is 7.55. The molecule has 1 heterocycles. The number of phenols is 1. The maximum atomic E-state index is 13.0. The van der Waals surface area contributed by atoms with Crippen LogP contribution in [0.25, 0.3) is 5.76 Å². The van der Waals surface area contributed by atoms with E-state index in [0.29, 0.717) is 17.5 Å². The lowest BCUT2D eigenvalue weighted by atomic mass is 9.95. The number of phenolic OH excluding ortho intramolecular Hbond substituents is 1. The largest absolute Gasteiger partial charge is 0.508 e. The van der Waals surface area contributed by atoms with Gasteiger partial charge in [0.15, 0.2) is 0 Å². The highest BCUT2D eigenvalue weighted by Crippen LogP contribution is 2.39. The van der Waals surface area contributed by atoms with Crippen molar-refractivity contribution in [1.29, 1.82) is 0 Å². The molecular weight excluding hydrogens is 406 g/mol. The lowest BCUT2D eigenvalue weighted by Gasteiger charge is -2.25. The first kappa shape index (κ1) is 21.2. The summed E-state index contributed by atoms with van der Waals surface area (Å²) >= 11 is 0. The van der Waals surface area contributed by atoms with Gasteiger partial charge in [-0.15, -0.1) is 0 Å². The number of amides is 1. The Hall–Kier alpha value is -4.06. The number of aromatic hydroxyl groups is 1. The predicted molar refractivity (Wildman–Crippen MR) is 120 cm³/mol. The first-order chi connectivity index (χ1) is 15.5. The van der Waals surface area contributed by atoms with Crippen LogP contribution in [0.2, 0.25) is 0 Å². The Balaban J connectivity index is 1.73. The van der Waals surface area contributed by atoms with Crippen molar-refractivity contribution < 1.29 is 24.5 Å². The van der Waals surface area contributed by atoms with Crippen LogP contribution in [0.1, 0.15) is 22.7 Å². The zero-order chi connectivity index (χ0) is 22.7. The van der Waals surface area contributed by atoms with Gasteiger partial charge < -0.3 is 19.8 Å². The highest BCUT2D eigenvalue weighted by Gasteiger charge is 2.45. The summed E-state index contributed by atoms with van der Waals surface area (Å²) in [5.41, 5.74) is 2.13. The third kappa shape index (κ3) is 4.07. The fourth-order valence-corrected chi connectivity index (χ4v) is 3.91. The molecule has 0 aliphatic carbocycles. The molecule has 0 saturated carbocycles. The summed E-state index contributed by atoms with van der Waals surface area (Å²) in [6.07, 6.45) is 0.525. The highest BCUT2D eigenvalue weighted by atomic mass is 16.5. The van der Waals surface area contributed by atoms with Gasteiger partial charge >= 0.3 is 0 Å². The SMILES string of the molecule is COc1ccc(CCN2C(=O)C(=O)/C(=C(/O)c3ccccc3)C2c2ccc(O)cc2)cc1. The van der Waals surface area contributed by atoms with Gasteiger partial charge in [0.1, 0.15) is 17.3 Å². The van der Waals surface area contributed by atoms with Crippen LogP contribution >= 0.6 is 0 Å². The van der Waals surface area contributed by atoms with Crippen LogP contribution < -0.4 is 4.74 Å². The molecule has 6 nitrogen and oxygen atoms in total. The van der Waals surface area contributed by atoms with Crippen molar-refractivity contribution in [3.63, 3.8) is 0 Å². The maximum absolute atomic E-state index is 13.0. The number of ether oxygens (including phenoxy) is 1. The molecule has 0 aromatic heterocycles. The summed E-state index contributed by atoms with van der Waals surface area (Å²) in [5, 5.41) is 20.7. The summed E-state index contributed by atoms with van der Waals surface area (Å²) in [6.45, 7) is 0.286. The number of hydrogen-bond donors (Lipinski definition) is 2. The number of aliphatic hydroxyl groups is 1. The van der Waals surface area contributed by atoms with Gasteiger partial charge in [-0.3, -0.25) is 9.59 Å². The van der Waals surface area contributed by atoms with Crippen molar-refractivity contribution in [2.24, 2.45) is 0 Å². The molecule has 32 heavy (non-hydrogen) atoms. The third-order valence-electron chi connectivity index (χ3n) is 5.60. The number of methoxy groups -OCH3 is 1. The molecular formula is C26H23NO5. The van der Waals surface area contributed by atoms with E-state index in [1.54, 1.807) is 43.5 Å². The zero-order valence-electron chi connectivity index (χ0n) is 17.6. The zero-order valence-corrected chi connectivity index (χ0v) is 17.6. The van der Waals surface area contributed by atoms with Crippen molar-refractivity contribution in [2.45, 2.75) is 12.5 Å². The first-order valence-corrected chi connectivity index (χ1v) is 10.3. The van der Waals surface area contributed by atoms with Gasteiger partial charge in [0.25, 0.3) is 11.7 Å². The second-order valence-electron chi connectivity index (χ2n) is 7.55. The van der Waals surface area contributed by atoms with Gasteiger partial charge in [-0.25, -0.2) is 0 Å². The van der Waals surface area contributed by atoms with E-state index in [4.69, 9.17) is 4.74 Å². The van der Waals surface area contributed by atoms with Crippen LogP contribution in [0.5, 0.6) is 11.5 Å². The van der Waals surface area contributed by atoms with Crippen LogP contribution in [0.4, 0.5) is 0 Å². The molecule has 0 spiro atoms. The normalized spacial score (nSPS) is 17.5. The van der Waals surface area contributed by atoms with E-state index >= 15 is 0 Å². The number of benzene rings is 3. The van der Waals surface area contributed by atoms with E-state index < -0.39 is 17.7 Å². The van der Waals surface area contributed by atoms with E-state index in [2.05, 4.69) is 0 Å². The lowest BCUT2D eigenvalue weighted by molar-refractivity contribution is -0.139. The van der Waals surface area contributed by atoms with Gasteiger partial charge in [0.05, 0.1) is 18.7 Å². The van der Waals surface area contributed by atoms with Gasteiger partial charge in [-0.2, -0.15) is 0 Å². The summed E-state index contributed by atoms with van der Waals surface area (Å²) in [7, 11) is 1.60. The van der Waals surface area contributed by atoms with E-state index in [1.807, 2.05) is 30.3 Å². The van der Waals surface area contributed by atoms with Crippen LogP contribution in [0.3, 0.4) is 0 Å². The average molecular weight is 429 g/mol. The quantitative estimate of drug-likeness (QED) is 0.351. The van der Waals surface area contributed by atoms with Gasteiger partial charge in [0, 0.05) is 12.1 Å². The molecule has 1 aliphatic heterocycles. The Labute approximate surface area is 186 Å². The molecule has 162 valence electrons. The fraction of sp³-hybridized carbons (Fsp3) is 0.154. The van der Waals surface area contributed by atoms with Crippen LogP contribution in [-0.4, -0.2) is 40.5 Å². The number of nitrogens with zero attached hydrogens (tertiary/aromatic N) is 1. The number of hydrogen-bond acceptors (Lipinski definition) is 5. The number of aliphatic hydroxyl groups excluding tert-OH is 1. The van der Waals surface area contributed by atoms with E-state index in [-0.39, 0.29) is 23.6 Å². The molecule has 3 aromatic carbocycles. The molecule has 1 saturated heterocycles. The van der Waals surface area contributed by atoms with Gasteiger partial charge in [0.2, 0.25) is 0 Å². The minimum absolute atomic E-state index is 0.0432. The molecule has 1 unspecified atom stereocenters. The summed E-state index contributed by atoms with van der Waals surface area (Å²) in [6, 6.07) is 21.8. The highest BCUT2D eigenvalue weighted by molar-refractivity contribution is 6.46. The van der Waals surface area contributed by atoms with E-state index in [1.165, 1.54) is 17.0 Å². The number of likely N-dealkylation sites (tertiary alicyclic amines) is 1. The number of carbonyl (C=O) groups excluding carboxylic acids is 2. The standard InChI is InChI=1S/C26H23NO5/c1-32-21-13-7-17(8-14-21)15-16-27-23(18-9-11-20(28)12-10-18)22(25(30)26(27)31)24(29)19-5-3-2-4-6-19/h2-14,23,28-29H,15-16H2,1H3/b24-22+. The molecule has 1 atom stereocenters. The smallest absolute Gasteiger partial charge is 0.295 e.